The fourth-order valence-corrected chi connectivity index (χ4v) is 4.28. The highest BCUT2D eigenvalue weighted by Gasteiger charge is 2.32. The van der Waals surface area contributed by atoms with E-state index in [1.54, 1.807) is 7.11 Å². The maximum atomic E-state index is 11.4. The number of fused-ring (bicyclic) bond motifs is 1. The zero-order valence-electron chi connectivity index (χ0n) is 16.2. The molecule has 1 N–H and O–H groups in total. The van der Waals surface area contributed by atoms with Gasteiger partial charge in [0.2, 0.25) is 0 Å². The molecule has 1 aliphatic heterocycles. The second kappa shape index (κ2) is 8.39. The number of carboxylic acids is 1. The zero-order chi connectivity index (χ0) is 20.4. The first-order chi connectivity index (χ1) is 14.1. The van der Waals surface area contributed by atoms with Gasteiger partial charge in [0.25, 0.3) is 0 Å². The van der Waals surface area contributed by atoms with E-state index in [2.05, 4.69) is 11.0 Å². The number of aliphatic carboxylic acids is 1. The molecular weight excluding hydrogens is 388 g/mol. The zero-order valence-corrected chi connectivity index (χ0v) is 17.0. The number of rotatable bonds is 5. The standard InChI is InChI=1S/C23H23ClN2O3/c1-29-21-9-7-17(24)14-18(21)22(26-12-10-16(11-13-26)23(27)28)20-8-6-15-4-2-3-5-19(15)25-20/h2-9,14,16,22H,10-13H2,1H3,(H,27,28). The van der Waals surface area contributed by atoms with Crippen LogP contribution in [-0.4, -0.2) is 41.2 Å². The molecule has 1 atom stereocenters. The summed E-state index contributed by atoms with van der Waals surface area (Å²) in [6.07, 6.45) is 1.23. The second-order valence-electron chi connectivity index (χ2n) is 7.37. The summed E-state index contributed by atoms with van der Waals surface area (Å²) in [4.78, 5) is 18.6. The Bertz CT molecular complexity index is 1030. The predicted octanol–water partition coefficient (Wildman–Crippen LogP) is 4.78. The number of likely N-dealkylation sites (tertiary alicyclic amines) is 1. The van der Waals surface area contributed by atoms with E-state index in [9.17, 15) is 9.90 Å². The number of pyridine rings is 1. The minimum atomic E-state index is -0.717. The fourth-order valence-electron chi connectivity index (χ4n) is 4.10. The van der Waals surface area contributed by atoms with Crippen molar-refractivity contribution in [3.05, 3.63) is 70.9 Å². The van der Waals surface area contributed by atoms with Crippen LogP contribution >= 0.6 is 11.6 Å². The Balaban J connectivity index is 1.79. The van der Waals surface area contributed by atoms with Crippen molar-refractivity contribution < 1.29 is 14.6 Å². The van der Waals surface area contributed by atoms with Gasteiger partial charge in [0.05, 0.1) is 30.3 Å². The molecule has 5 nitrogen and oxygen atoms in total. The van der Waals surface area contributed by atoms with Crippen molar-refractivity contribution in [2.24, 2.45) is 5.92 Å². The first-order valence-electron chi connectivity index (χ1n) is 9.73. The lowest BCUT2D eigenvalue weighted by atomic mass is 9.92. The van der Waals surface area contributed by atoms with Crippen LogP contribution in [-0.2, 0) is 4.79 Å². The maximum absolute atomic E-state index is 11.4. The normalized spacial score (nSPS) is 16.6. The third-order valence-corrected chi connectivity index (χ3v) is 5.87. The molecule has 3 aromatic rings. The van der Waals surface area contributed by atoms with Gasteiger partial charge in [-0.1, -0.05) is 35.9 Å². The van der Waals surface area contributed by atoms with Crippen LogP contribution in [0.15, 0.2) is 54.6 Å². The average Bonchev–Trinajstić information content (AvgIpc) is 2.74. The van der Waals surface area contributed by atoms with Gasteiger partial charge in [-0.15, -0.1) is 0 Å². The van der Waals surface area contributed by atoms with Crippen LogP contribution in [0.1, 0.15) is 30.1 Å². The van der Waals surface area contributed by atoms with E-state index in [1.807, 2.05) is 48.5 Å². The Labute approximate surface area is 174 Å². The number of piperidine rings is 1. The highest BCUT2D eigenvalue weighted by molar-refractivity contribution is 6.30. The molecule has 150 valence electrons. The minimum Gasteiger partial charge on any atom is -0.496 e. The molecule has 4 rings (SSSR count). The molecule has 0 spiro atoms. The summed E-state index contributed by atoms with van der Waals surface area (Å²) in [6, 6.07) is 17.6. The summed E-state index contributed by atoms with van der Waals surface area (Å²) < 4.78 is 5.63. The van der Waals surface area contributed by atoms with Crippen LogP contribution in [0.5, 0.6) is 5.75 Å². The van der Waals surface area contributed by atoms with E-state index in [-0.39, 0.29) is 12.0 Å². The summed E-state index contributed by atoms with van der Waals surface area (Å²) in [7, 11) is 1.65. The molecular formula is C23H23ClN2O3. The first-order valence-corrected chi connectivity index (χ1v) is 10.1. The number of hydrogen-bond donors (Lipinski definition) is 1. The number of para-hydroxylation sites is 1. The van der Waals surface area contributed by atoms with E-state index in [0.717, 1.165) is 27.9 Å². The number of aromatic nitrogens is 1. The van der Waals surface area contributed by atoms with Crippen molar-refractivity contribution >= 4 is 28.5 Å². The Morgan fingerprint density at radius 2 is 1.93 bits per heavy atom. The van der Waals surface area contributed by atoms with Crippen LogP contribution < -0.4 is 4.74 Å². The molecule has 1 aromatic heterocycles. The highest BCUT2D eigenvalue weighted by Crippen LogP contribution is 2.38. The van der Waals surface area contributed by atoms with Crippen molar-refractivity contribution in [3.63, 3.8) is 0 Å². The molecule has 2 aromatic carbocycles. The van der Waals surface area contributed by atoms with Gasteiger partial charge in [0.15, 0.2) is 0 Å². The van der Waals surface area contributed by atoms with Gasteiger partial charge in [0.1, 0.15) is 5.75 Å². The Morgan fingerprint density at radius 3 is 2.66 bits per heavy atom. The lowest BCUT2D eigenvalue weighted by Gasteiger charge is -2.37. The average molecular weight is 411 g/mol. The maximum Gasteiger partial charge on any atom is 0.306 e. The molecule has 1 unspecified atom stereocenters. The summed E-state index contributed by atoms with van der Waals surface area (Å²) in [5.74, 6) is -0.266. The van der Waals surface area contributed by atoms with Gasteiger partial charge in [-0.2, -0.15) is 0 Å². The number of hydrogen-bond acceptors (Lipinski definition) is 4. The van der Waals surface area contributed by atoms with Crippen molar-refractivity contribution in [2.75, 3.05) is 20.2 Å². The van der Waals surface area contributed by atoms with Gasteiger partial charge in [-0.05, 0) is 56.3 Å². The molecule has 29 heavy (non-hydrogen) atoms. The molecule has 0 amide bonds. The van der Waals surface area contributed by atoms with Crippen LogP contribution in [0.3, 0.4) is 0 Å². The molecule has 0 bridgehead atoms. The van der Waals surface area contributed by atoms with Gasteiger partial charge in [-0.3, -0.25) is 14.7 Å². The van der Waals surface area contributed by atoms with E-state index in [1.165, 1.54) is 0 Å². The lowest BCUT2D eigenvalue weighted by molar-refractivity contribution is -0.143. The molecule has 1 fully saturated rings. The summed E-state index contributed by atoms with van der Waals surface area (Å²) in [5, 5.41) is 11.1. The number of carbonyl (C=O) groups is 1. The lowest BCUT2D eigenvalue weighted by Crippen LogP contribution is -2.39. The largest absolute Gasteiger partial charge is 0.496 e. The van der Waals surface area contributed by atoms with E-state index in [4.69, 9.17) is 21.3 Å². The molecule has 2 heterocycles. The van der Waals surface area contributed by atoms with E-state index in [0.29, 0.717) is 31.0 Å². The third kappa shape index (κ3) is 4.07. The smallest absolute Gasteiger partial charge is 0.306 e. The molecule has 0 saturated carbocycles. The molecule has 0 radical (unpaired) electrons. The van der Waals surface area contributed by atoms with E-state index < -0.39 is 5.97 Å². The Hall–Kier alpha value is -2.63. The van der Waals surface area contributed by atoms with Crippen molar-refractivity contribution in [1.29, 1.82) is 0 Å². The Morgan fingerprint density at radius 1 is 1.17 bits per heavy atom. The number of benzene rings is 2. The van der Waals surface area contributed by atoms with Crippen LogP contribution in [0.4, 0.5) is 0 Å². The molecule has 0 aliphatic carbocycles. The highest BCUT2D eigenvalue weighted by atomic mass is 35.5. The van der Waals surface area contributed by atoms with Crippen LogP contribution in [0.25, 0.3) is 10.9 Å². The van der Waals surface area contributed by atoms with Gasteiger partial charge < -0.3 is 9.84 Å². The van der Waals surface area contributed by atoms with E-state index >= 15 is 0 Å². The van der Waals surface area contributed by atoms with Crippen molar-refractivity contribution in [2.45, 2.75) is 18.9 Å². The molecule has 1 saturated heterocycles. The number of nitrogens with zero attached hydrogens (tertiary/aromatic N) is 2. The van der Waals surface area contributed by atoms with Gasteiger partial charge >= 0.3 is 5.97 Å². The topological polar surface area (TPSA) is 62.7 Å². The SMILES string of the molecule is COc1ccc(Cl)cc1C(c1ccc2ccccc2n1)N1CCC(C(=O)O)CC1. The van der Waals surface area contributed by atoms with Crippen LogP contribution in [0, 0.1) is 5.92 Å². The van der Waals surface area contributed by atoms with Crippen LogP contribution in [0.2, 0.25) is 5.02 Å². The third-order valence-electron chi connectivity index (χ3n) is 5.63. The summed E-state index contributed by atoms with van der Waals surface area (Å²) in [6.45, 7) is 1.34. The molecule has 6 heteroatoms. The number of methoxy groups -OCH3 is 1. The van der Waals surface area contributed by atoms with Crippen molar-refractivity contribution in [1.82, 2.24) is 9.88 Å². The quantitative estimate of drug-likeness (QED) is 0.655. The Kier molecular flexibility index (Phi) is 5.69. The van der Waals surface area contributed by atoms with Gasteiger partial charge in [0, 0.05) is 16.0 Å². The second-order valence-corrected chi connectivity index (χ2v) is 7.80. The summed E-state index contributed by atoms with van der Waals surface area (Å²) in [5.41, 5.74) is 2.77. The molecule has 1 aliphatic rings. The minimum absolute atomic E-state index is 0.164. The predicted molar refractivity (Wildman–Crippen MR) is 114 cm³/mol. The van der Waals surface area contributed by atoms with Gasteiger partial charge in [-0.25, -0.2) is 0 Å². The first kappa shape index (κ1) is 19.7. The van der Waals surface area contributed by atoms with Crippen molar-refractivity contribution in [3.8, 4) is 5.75 Å². The number of ether oxygens (including phenoxy) is 1. The summed E-state index contributed by atoms with van der Waals surface area (Å²) >= 11 is 6.33. The number of carboxylic acid groups (broad SMARTS) is 1. The monoisotopic (exact) mass is 410 g/mol. The fraction of sp³-hybridized carbons (Fsp3) is 0.304. The number of halogens is 1.